The van der Waals surface area contributed by atoms with Crippen molar-refractivity contribution >= 4 is 28.3 Å². The fourth-order valence-electron chi connectivity index (χ4n) is 2.78. The highest BCUT2D eigenvalue weighted by Crippen LogP contribution is 2.25. The molecule has 1 aromatic carbocycles. The molecule has 1 amide bonds. The number of amides is 1. The first-order valence-electron chi connectivity index (χ1n) is 8.40. The van der Waals surface area contributed by atoms with Crippen molar-refractivity contribution < 1.29 is 13.9 Å². The number of nitrogens with zero attached hydrogens (tertiary/aromatic N) is 2. The highest BCUT2D eigenvalue weighted by Gasteiger charge is 2.14. The van der Waals surface area contributed by atoms with Gasteiger partial charge in [-0.3, -0.25) is 4.79 Å². The van der Waals surface area contributed by atoms with E-state index in [1.165, 1.54) is 6.07 Å². The highest BCUT2D eigenvalue weighted by molar-refractivity contribution is 5.94. The topological polar surface area (TPSA) is 54.5 Å². The first-order valence-corrected chi connectivity index (χ1v) is 8.40. The van der Waals surface area contributed by atoms with E-state index in [1.807, 2.05) is 19.1 Å². The maximum absolute atomic E-state index is 14.4. The Morgan fingerprint density at radius 3 is 2.88 bits per heavy atom. The summed E-state index contributed by atoms with van der Waals surface area (Å²) in [5.74, 6) is 0.242. The lowest BCUT2D eigenvalue weighted by atomic mass is 10.1. The van der Waals surface area contributed by atoms with Gasteiger partial charge >= 0.3 is 0 Å². The van der Waals surface area contributed by atoms with E-state index in [1.54, 1.807) is 6.07 Å². The summed E-state index contributed by atoms with van der Waals surface area (Å²) in [6.45, 7) is 4.86. The molecule has 128 valence electrons. The summed E-state index contributed by atoms with van der Waals surface area (Å²) in [7, 11) is 0. The Labute approximate surface area is 140 Å². The van der Waals surface area contributed by atoms with E-state index in [2.05, 4.69) is 15.2 Å². The molecule has 1 saturated heterocycles. The average molecular weight is 331 g/mol. The smallest absolute Gasteiger partial charge is 0.224 e. The molecule has 1 aliphatic rings. The minimum Gasteiger partial charge on any atom is -0.378 e. The molecule has 2 heterocycles. The Bertz CT molecular complexity index is 730. The van der Waals surface area contributed by atoms with Gasteiger partial charge in [-0.2, -0.15) is 0 Å². The van der Waals surface area contributed by atoms with Gasteiger partial charge in [-0.25, -0.2) is 9.37 Å². The highest BCUT2D eigenvalue weighted by atomic mass is 19.1. The molecule has 1 N–H and O–H groups in total. The number of rotatable bonds is 5. The van der Waals surface area contributed by atoms with Gasteiger partial charge in [0.15, 0.2) is 5.82 Å². The summed E-state index contributed by atoms with van der Waals surface area (Å²) in [5, 5.41) is 3.43. The van der Waals surface area contributed by atoms with Crippen LogP contribution in [-0.2, 0) is 9.53 Å². The first kappa shape index (κ1) is 16.6. The molecular formula is C18H22FN3O2. The van der Waals surface area contributed by atoms with E-state index < -0.39 is 5.82 Å². The molecule has 1 aromatic heterocycles. The number of hydrogen-bond acceptors (Lipinski definition) is 4. The van der Waals surface area contributed by atoms with Crippen molar-refractivity contribution in [3.63, 3.8) is 0 Å². The SMILES string of the molecule is CCCCC(=O)Nc1cc(F)c2nc(N3CCOCC3)ccc2c1. The van der Waals surface area contributed by atoms with Gasteiger partial charge in [-0.15, -0.1) is 0 Å². The standard InChI is InChI=1S/C18H22FN3O2/c1-2-3-4-17(23)20-14-11-13-5-6-16(21-18(13)15(19)12-14)22-7-9-24-10-8-22/h5-6,11-12H,2-4,7-10H2,1H3,(H,20,23). The first-order chi connectivity index (χ1) is 11.7. The minimum atomic E-state index is -0.423. The zero-order valence-corrected chi connectivity index (χ0v) is 13.8. The molecular weight excluding hydrogens is 309 g/mol. The van der Waals surface area contributed by atoms with Crippen molar-refractivity contribution in [3.05, 3.63) is 30.1 Å². The van der Waals surface area contributed by atoms with Crippen LogP contribution in [0.25, 0.3) is 10.9 Å². The third-order valence-electron chi connectivity index (χ3n) is 4.11. The van der Waals surface area contributed by atoms with Crippen molar-refractivity contribution in [2.75, 3.05) is 36.5 Å². The maximum Gasteiger partial charge on any atom is 0.224 e. The summed E-state index contributed by atoms with van der Waals surface area (Å²) < 4.78 is 19.8. The van der Waals surface area contributed by atoms with Crippen LogP contribution in [0, 0.1) is 5.82 Å². The number of halogens is 1. The van der Waals surface area contributed by atoms with Crippen LogP contribution >= 0.6 is 0 Å². The van der Waals surface area contributed by atoms with E-state index in [4.69, 9.17) is 4.74 Å². The Morgan fingerprint density at radius 1 is 1.33 bits per heavy atom. The van der Waals surface area contributed by atoms with Crippen molar-refractivity contribution in [2.45, 2.75) is 26.2 Å². The molecule has 0 radical (unpaired) electrons. The molecule has 6 heteroatoms. The molecule has 0 bridgehead atoms. The summed E-state index contributed by atoms with van der Waals surface area (Å²) in [6.07, 6.45) is 2.23. The number of hydrogen-bond donors (Lipinski definition) is 1. The van der Waals surface area contributed by atoms with Gasteiger partial charge in [0.05, 0.1) is 13.2 Å². The van der Waals surface area contributed by atoms with Crippen molar-refractivity contribution in [2.24, 2.45) is 0 Å². The second-order valence-corrected chi connectivity index (χ2v) is 5.95. The fraction of sp³-hybridized carbons (Fsp3) is 0.444. The maximum atomic E-state index is 14.4. The van der Waals surface area contributed by atoms with Crippen molar-refractivity contribution in [3.8, 4) is 0 Å². The van der Waals surface area contributed by atoms with Gasteiger partial charge in [0.1, 0.15) is 11.3 Å². The molecule has 0 atom stereocenters. The normalized spacial score (nSPS) is 14.8. The van der Waals surface area contributed by atoms with Crippen LogP contribution in [0.4, 0.5) is 15.9 Å². The van der Waals surface area contributed by atoms with Crippen LogP contribution < -0.4 is 10.2 Å². The number of unbranched alkanes of at least 4 members (excludes halogenated alkanes) is 1. The number of ether oxygens (including phenoxy) is 1. The molecule has 24 heavy (non-hydrogen) atoms. The monoisotopic (exact) mass is 331 g/mol. The van der Waals surface area contributed by atoms with Crippen LogP contribution in [0.3, 0.4) is 0 Å². The van der Waals surface area contributed by atoms with Crippen molar-refractivity contribution in [1.82, 2.24) is 4.98 Å². The number of fused-ring (bicyclic) bond motifs is 1. The van der Waals surface area contributed by atoms with Crippen LogP contribution in [-0.4, -0.2) is 37.2 Å². The van der Waals surface area contributed by atoms with Gasteiger partial charge in [0.2, 0.25) is 5.91 Å². The Kier molecular flexibility index (Phi) is 5.25. The number of aromatic nitrogens is 1. The minimum absolute atomic E-state index is 0.0894. The molecule has 3 rings (SSSR count). The lowest BCUT2D eigenvalue weighted by Crippen LogP contribution is -2.36. The van der Waals surface area contributed by atoms with Crippen LogP contribution in [0.5, 0.6) is 0 Å². The summed E-state index contributed by atoms with van der Waals surface area (Å²) in [5.41, 5.74) is 0.799. The number of carbonyl (C=O) groups excluding carboxylic acids is 1. The van der Waals surface area contributed by atoms with Gasteiger partial charge in [-0.1, -0.05) is 13.3 Å². The van der Waals surface area contributed by atoms with E-state index in [0.717, 1.165) is 31.7 Å². The molecule has 0 unspecified atom stereocenters. The number of carbonyl (C=O) groups is 1. The zero-order valence-electron chi connectivity index (χ0n) is 13.8. The third-order valence-corrected chi connectivity index (χ3v) is 4.11. The lowest BCUT2D eigenvalue weighted by molar-refractivity contribution is -0.116. The van der Waals surface area contributed by atoms with Gasteiger partial charge in [0, 0.05) is 30.6 Å². The average Bonchev–Trinajstić information content (AvgIpc) is 2.60. The van der Waals surface area contributed by atoms with Gasteiger partial charge in [0.25, 0.3) is 0 Å². The Morgan fingerprint density at radius 2 is 2.12 bits per heavy atom. The molecule has 2 aromatic rings. The molecule has 5 nitrogen and oxygen atoms in total. The second-order valence-electron chi connectivity index (χ2n) is 5.95. The molecule has 1 aliphatic heterocycles. The van der Waals surface area contributed by atoms with E-state index in [-0.39, 0.29) is 5.91 Å². The molecule has 0 spiro atoms. The van der Waals surface area contributed by atoms with Crippen LogP contribution in [0.1, 0.15) is 26.2 Å². The van der Waals surface area contributed by atoms with E-state index >= 15 is 0 Å². The predicted molar refractivity (Wildman–Crippen MR) is 92.9 cm³/mol. The number of nitrogens with one attached hydrogen (secondary N) is 1. The summed E-state index contributed by atoms with van der Waals surface area (Å²) >= 11 is 0. The Hall–Kier alpha value is -2.21. The van der Waals surface area contributed by atoms with Gasteiger partial charge < -0.3 is 15.0 Å². The lowest BCUT2D eigenvalue weighted by Gasteiger charge is -2.28. The molecule has 1 fully saturated rings. The second kappa shape index (κ2) is 7.57. The number of benzene rings is 1. The van der Waals surface area contributed by atoms with Crippen LogP contribution in [0.15, 0.2) is 24.3 Å². The van der Waals surface area contributed by atoms with Crippen LogP contribution in [0.2, 0.25) is 0 Å². The van der Waals surface area contributed by atoms with Crippen molar-refractivity contribution in [1.29, 1.82) is 0 Å². The summed E-state index contributed by atoms with van der Waals surface area (Å²) in [6, 6.07) is 6.83. The number of morpholine rings is 1. The van der Waals surface area contributed by atoms with E-state index in [0.29, 0.717) is 36.2 Å². The Balaban J connectivity index is 1.82. The quantitative estimate of drug-likeness (QED) is 0.913. The fourth-order valence-corrected chi connectivity index (χ4v) is 2.78. The summed E-state index contributed by atoms with van der Waals surface area (Å²) in [4.78, 5) is 18.3. The zero-order chi connectivity index (χ0) is 16.9. The predicted octanol–water partition coefficient (Wildman–Crippen LogP) is 3.34. The largest absolute Gasteiger partial charge is 0.378 e. The third kappa shape index (κ3) is 3.82. The van der Waals surface area contributed by atoms with E-state index in [9.17, 15) is 9.18 Å². The molecule has 0 saturated carbocycles. The molecule has 0 aliphatic carbocycles. The number of pyridine rings is 1. The van der Waals surface area contributed by atoms with Gasteiger partial charge in [-0.05, 0) is 30.7 Å². The number of anilines is 2.